The summed E-state index contributed by atoms with van der Waals surface area (Å²) in [6.45, 7) is 0.0960. The van der Waals surface area contributed by atoms with Gasteiger partial charge < -0.3 is 10.2 Å². The predicted molar refractivity (Wildman–Crippen MR) is 82.9 cm³/mol. The molecule has 2 heterocycles. The number of hydrogen-bond acceptors (Lipinski definition) is 3. The number of benzene rings is 1. The van der Waals surface area contributed by atoms with Crippen LogP contribution in [0.15, 0.2) is 36.5 Å². The van der Waals surface area contributed by atoms with E-state index in [9.17, 15) is 22.8 Å². The zero-order chi connectivity index (χ0) is 18.0. The molecule has 0 bridgehead atoms. The van der Waals surface area contributed by atoms with E-state index >= 15 is 0 Å². The summed E-state index contributed by atoms with van der Waals surface area (Å²) >= 11 is 0. The van der Waals surface area contributed by atoms with Crippen LogP contribution in [0.4, 0.5) is 18.9 Å². The van der Waals surface area contributed by atoms with Crippen molar-refractivity contribution in [2.45, 2.75) is 13.0 Å². The van der Waals surface area contributed by atoms with E-state index in [4.69, 9.17) is 0 Å². The molecule has 8 heteroatoms. The van der Waals surface area contributed by atoms with Crippen molar-refractivity contribution in [3.63, 3.8) is 0 Å². The number of pyridine rings is 1. The number of nitrogens with zero attached hydrogens (tertiary/aromatic N) is 2. The fourth-order valence-electron chi connectivity index (χ4n) is 2.66. The fraction of sp³-hybridized carbons (Fsp3) is 0.235. The average Bonchev–Trinajstić information content (AvgIpc) is 3.00. The highest BCUT2D eigenvalue weighted by Crippen LogP contribution is 2.29. The molecule has 0 radical (unpaired) electrons. The van der Waals surface area contributed by atoms with Gasteiger partial charge in [0, 0.05) is 19.2 Å². The minimum Gasteiger partial charge on any atom is -0.350 e. The molecule has 130 valence electrons. The molecule has 25 heavy (non-hydrogen) atoms. The SMILES string of the molecule is O=C(NCc1ccccn1)C1CC(=O)N(c2ccc(F)c(F)c2F)C1. The summed E-state index contributed by atoms with van der Waals surface area (Å²) in [5.74, 6) is -6.04. The molecule has 2 aromatic rings. The molecule has 1 fully saturated rings. The molecular weight excluding hydrogens is 335 g/mol. The van der Waals surface area contributed by atoms with Crippen LogP contribution >= 0.6 is 0 Å². The van der Waals surface area contributed by atoms with Gasteiger partial charge in [0.25, 0.3) is 0 Å². The number of rotatable bonds is 4. The van der Waals surface area contributed by atoms with Gasteiger partial charge in [0.05, 0.1) is 23.8 Å². The third-order valence-electron chi connectivity index (χ3n) is 3.97. The molecule has 1 aromatic heterocycles. The summed E-state index contributed by atoms with van der Waals surface area (Å²) < 4.78 is 40.3. The van der Waals surface area contributed by atoms with Gasteiger partial charge in [-0.25, -0.2) is 13.2 Å². The van der Waals surface area contributed by atoms with E-state index in [1.54, 1.807) is 24.4 Å². The number of hydrogen-bond donors (Lipinski definition) is 1. The smallest absolute Gasteiger partial charge is 0.227 e. The highest BCUT2D eigenvalue weighted by atomic mass is 19.2. The van der Waals surface area contributed by atoms with Crippen LogP contribution in [0.2, 0.25) is 0 Å². The van der Waals surface area contributed by atoms with Crippen molar-refractivity contribution in [3.8, 4) is 0 Å². The Labute approximate surface area is 141 Å². The monoisotopic (exact) mass is 349 g/mol. The first-order valence-electron chi connectivity index (χ1n) is 7.59. The number of carbonyl (C=O) groups is 2. The van der Waals surface area contributed by atoms with E-state index < -0.39 is 29.3 Å². The van der Waals surface area contributed by atoms with E-state index in [0.717, 1.165) is 17.0 Å². The molecule has 1 atom stereocenters. The standard InChI is InChI=1S/C17H14F3N3O2/c18-12-4-5-13(16(20)15(12)19)23-9-10(7-14(23)24)17(25)22-8-11-3-1-2-6-21-11/h1-6,10H,7-9H2,(H,22,25). The Kier molecular flexibility index (Phi) is 4.69. The second-order valence-corrected chi connectivity index (χ2v) is 5.64. The Hall–Kier alpha value is -2.90. The van der Waals surface area contributed by atoms with Crippen LogP contribution in [0.5, 0.6) is 0 Å². The Bertz CT molecular complexity index is 814. The Morgan fingerprint density at radius 2 is 2.00 bits per heavy atom. The number of carbonyl (C=O) groups excluding carboxylic acids is 2. The van der Waals surface area contributed by atoms with Crippen LogP contribution in [0, 0.1) is 23.4 Å². The summed E-state index contributed by atoms with van der Waals surface area (Å²) in [6.07, 6.45) is 1.46. The van der Waals surface area contributed by atoms with Crippen molar-refractivity contribution >= 4 is 17.5 Å². The maximum absolute atomic E-state index is 13.9. The summed E-state index contributed by atoms with van der Waals surface area (Å²) in [4.78, 5) is 29.3. The van der Waals surface area contributed by atoms with Gasteiger partial charge in [0.15, 0.2) is 17.5 Å². The summed E-state index contributed by atoms with van der Waals surface area (Å²) in [6, 6.07) is 6.99. The lowest BCUT2D eigenvalue weighted by Gasteiger charge is -2.17. The molecule has 1 aliphatic heterocycles. The molecule has 3 rings (SSSR count). The fourth-order valence-corrected chi connectivity index (χ4v) is 2.66. The van der Waals surface area contributed by atoms with E-state index in [0.29, 0.717) is 5.69 Å². The summed E-state index contributed by atoms with van der Waals surface area (Å²) in [5.41, 5.74) is 0.285. The maximum Gasteiger partial charge on any atom is 0.227 e. The second kappa shape index (κ2) is 6.92. The van der Waals surface area contributed by atoms with Gasteiger partial charge in [0.2, 0.25) is 11.8 Å². The number of aromatic nitrogens is 1. The van der Waals surface area contributed by atoms with Crippen LogP contribution in [-0.2, 0) is 16.1 Å². The first-order chi connectivity index (χ1) is 12.0. The molecule has 0 saturated carbocycles. The van der Waals surface area contributed by atoms with Gasteiger partial charge in [-0.05, 0) is 24.3 Å². The Morgan fingerprint density at radius 1 is 1.20 bits per heavy atom. The largest absolute Gasteiger partial charge is 0.350 e. The summed E-state index contributed by atoms with van der Waals surface area (Å²) in [5, 5.41) is 2.66. The maximum atomic E-state index is 13.9. The normalized spacial score (nSPS) is 17.0. The molecule has 1 aromatic carbocycles. The third-order valence-corrected chi connectivity index (χ3v) is 3.97. The van der Waals surface area contributed by atoms with Gasteiger partial charge in [0.1, 0.15) is 0 Å². The molecule has 1 N–H and O–H groups in total. The number of amides is 2. The molecule has 1 saturated heterocycles. The predicted octanol–water partition coefficient (Wildman–Crippen LogP) is 2.17. The van der Waals surface area contributed by atoms with Crippen LogP contribution in [0.25, 0.3) is 0 Å². The van der Waals surface area contributed by atoms with E-state index in [1.807, 2.05) is 0 Å². The lowest BCUT2D eigenvalue weighted by molar-refractivity contribution is -0.126. The van der Waals surface area contributed by atoms with Crippen molar-refractivity contribution in [1.29, 1.82) is 0 Å². The molecule has 2 amide bonds. The van der Waals surface area contributed by atoms with Crippen LogP contribution in [-0.4, -0.2) is 23.3 Å². The third kappa shape index (κ3) is 3.47. The molecule has 5 nitrogen and oxygen atoms in total. The topological polar surface area (TPSA) is 62.3 Å². The minimum atomic E-state index is -1.65. The van der Waals surface area contributed by atoms with Gasteiger partial charge in [-0.3, -0.25) is 14.6 Å². The molecule has 0 spiro atoms. The highest BCUT2D eigenvalue weighted by molar-refractivity contribution is 6.00. The highest BCUT2D eigenvalue weighted by Gasteiger charge is 2.36. The van der Waals surface area contributed by atoms with Crippen molar-refractivity contribution in [3.05, 3.63) is 59.7 Å². The van der Waals surface area contributed by atoms with Crippen molar-refractivity contribution in [2.24, 2.45) is 5.92 Å². The molecular formula is C17H14F3N3O2. The Morgan fingerprint density at radius 3 is 2.72 bits per heavy atom. The van der Waals surface area contributed by atoms with Gasteiger partial charge >= 0.3 is 0 Å². The molecule has 0 aliphatic carbocycles. The average molecular weight is 349 g/mol. The van der Waals surface area contributed by atoms with Crippen LogP contribution < -0.4 is 10.2 Å². The van der Waals surface area contributed by atoms with Crippen LogP contribution in [0.3, 0.4) is 0 Å². The van der Waals surface area contributed by atoms with Crippen molar-refractivity contribution < 1.29 is 22.8 Å². The second-order valence-electron chi connectivity index (χ2n) is 5.64. The number of halogens is 3. The molecule has 1 unspecified atom stereocenters. The first kappa shape index (κ1) is 16.9. The minimum absolute atomic E-state index is 0.102. The zero-order valence-corrected chi connectivity index (χ0v) is 13.0. The molecule has 1 aliphatic rings. The number of anilines is 1. The number of nitrogens with one attached hydrogen (secondary N) is 1. The zero-order valence-electron chi connectivity index (χ0n) is 13.0. The van der Waals surface area contributed by atoms with Crippen molar-refractivity contribution in [1.82, 2.24) is 10.3 Å². The van der Waals surface area contributed by atoms with Gasteiger partial charge in [-0.1, -0.05) is 6.07 Å². The van der Waals surface area contributed by atoms with Crippen LogP contribution in [0.1, 0.15) is 12.1 Å². The lowest BCUT2D eigenvalue weighted by atomic mass is 10.1. The van der Waals surface area contributed by atoms with Gasteiger partial charge in [-0.15, -0.1) is 0 Å². The van der Waals surface area contributed by atoms with E-state index in [1.165, 1.54) is 0 Å². The van der Waals surface area contributed by atoms with E-state index in [2.05, 4.69) is 10.3 Å². The first-order valence-corrected chi connectivity index (χ1v) is 7.59. The van der Waals surface area contributed by atoms with Gasteiger partial charge in [-0.2, -0.15) is 0 Å². The van der Waals surface area contributed by atoms with Crippen molar-refractivity contribution in [2.75, 3.05) is 11.4 Å². The lowest BCUT2D eigenvalue weighted by Crippen LogP contribution is -2.33. The Balaban J connectivity index is 1.68. The quantitative estimate of drug-likeness (QED) is 0.861. The summed E-state index contributed by atoms with van der Waals surface area (Å²) in [7, 11) is 0. The van der Waals surface area contributed by atoms with E-state index in [-0.39, 0.29) is 31.1 Å².